The number of nitrogens with two attached hydrogens (primary N) is 1. The van der Waals surface area contributed by atoms with Gasteiger partial charge in [-0.1, -0.05) is 37.3 Å². The fraction of sp³-hybridized carbons (Fsp3) is 0.250. The first-order valence-electron chi connectivity index (χ1n) is 6.96. The molecule has 2 N–H and O–H groups in total. The topological polar surface area (TPSA) is 55.0 Å². The second-order valence-electron chi connectivity index (χ2n) is 5.05. The van der Waals surface area contributed by atoms with Crippen molar-refractivity contribution in [2.24, 2.45) is 0 Å². The number of aromatic nitrogens is 2. The molecule has 0 saturated heterocycles. The molecule has 3 aromatic rings. The third-order valence-electron chi connectivity index (χ3n) is 3.54. The van der Waals surface area contributed by atoms with Crippen molar-refractivity contribution in [1.82, 2.24) is 14.9 Å². The molecule has 0 amide bonds. The van der Waals surface area contributed by atoms with Gasteiger partial charge in [-0.2, -0.15) is 0 Å². The minimum Gasteiger partial charge on any atom is -0.383 e. The summed E-state index contributed by atoms with van der Waals surface area (Å²) in [5, 5.41) is 3.08. The number of fused-ring (bicyclic) bond motifs is 1. The predicted molar refractivity (Wildman–Crippen MR) is 89.3 cm³/mol. The summed E-state index contributed by atoms with van der Waals surface area (Å²) >= 11 is 1.62. The number of hydrogen-bond acceptors (Lipinski definition) is 5. The van der Waals surface area contributed by atoms with Gasteiger partial charge in [0.25, 0.3) is 0 Å². The van der Waals surface area contributed by atoms with Crippen LogP contribution in [-0.2, 0) is 6.54 Å². The zero-order valence-electron chi connectivity index (χ0n) is 12.2. The highest BCUT2D eigenvalue weighted by Crippen LogP contribution is 2.35. The Morgan fingerprint density at radius 2 is 1.95 bits per heavy atom. The normalized spacial score (nSPS) is 11.4. The van der Waals surface area contributed by atoms with Crippen LogP contribution in [0.25, 0.3) is 21.3 Å². The zero-order chi connectivity index (χ0) is 14.8. The van der Waals surface area contributed by atoms with Crippen LogP contribution >= 0.6 is 11.3 Å². The smallest absolute Gasteiger partial charge is 0.146 e. The second kappa shape index (κ2) is 5.79. The summed E-state index contributed by atoms with van der Waals surface area (Å²) in [5.74, 6) is 1.35. The SMILES string of the molecule is CCN(C)Cc1nc(N)c2c(-c3ccccc3)csc2n1. The van der Waals surface area contributed by atoms with Crippen molar-refractivity contribution in [2.75, 3.05) is 19.3 Å². The van der Waals surface area contributed by atoms with Gasteiger partial charge in [0.15, 0.2) is 0 Å². The number of thiophene rings is 1. The molecule has 5 heteroatoms. The van der Waals surface area contributed by atoms with E-state index in [2.05, 4.69) is 39.3 Å². The second-order valence-corrected chi connectivity index (χ2v) is 5.91. The van der Waals surface area contributed by atoms with E-state index in [9.17, 15) is 0 Å². The highest BCUT2D eigenvalue weighted by molar-refractivity contribution is 7.17. The predicted octanol–water partition coefficient (Wildman–Crippen LogP) is 3.39. The molecular weight excluding hydrogens is 280 g/mol. The molecule has 0 atom stereocenters. The Labute approximate surface area is 128 Å². The lowest BCUT2D eigenvalue weighted by Gasteiger charge is -2.12. The van der Waals surface area contributed by atoms with Crippen LogP contribution in [0.15, 0.2) is 35.7 Å². The highest BCUT2D eigenvalue weighted by Gasteiger charge is 2.13. The molecule has 2 heterocycles. The average Bonchev–Trinajstić information content (AvgIpc) is 2.92. The minimum atomic E-state index is 0.569. The van der Waals surface area contributed by atoms with Gasteiger partial charge in [0.1, 0.15) is 16.5 Å². The monoisotopic (exact) mass is 298 g/mol. The Morgan fingerprint density at radius 3 is 2.67 bits per heavy atom. The van der Waals surface area contributed by atoms with E-state index in [0.29, 0.717) is 5.82 Å². The van der Waals surface area contributed by atoms with Gasteiger partial charge in [-0.25, -0.2) is 9.97 Å². The third-order valence-corrected chi connectivity index (χ3v) is 4.42. The van der Waals surface area contributed by atoms with Crippen LogP contribution in [0, 0.1) is 0 Å². The summed E-state index contributed by atoms with van der Waals surface area (Å²) in [5.41, 5.74) is 8.46. The first-order chi connectivity index (χ1) is 10.2. The maximum atomic E-state index is 6.19. The summed E-state index contributed by atoms with van der Waals surface area (Å²) in [6.45, 7) is 3.79. The van der Waals surface area contributed by atoms with Crippen LogP contribution in [0.4, 0.5) is 5.82 Å². The van der Waals surface area contributed by atoms with Crippen LogP contribution in [0.5, 0.6) is 0 Å². The first kappa shape index (κ1) is 14.0. The van der Waals surface area contributed by atoms with Gasteiger partial charge in [-0.3, -0.25) is 4.90 Å². The Kier molecular flexibility index (Phi) is 3.86. The molecule has 0 aliphatic rings. The van der Waals surface area contributed by atoms with Gasteiger partial charge in [-0.05, 0) is 19.2 Å². The molecule has 2 aromatic heterocycles. The number of nitrogens with zero attached hydrogens (tertiary/aromatic N) is 3. The molecule has 0 aliphatic carbocycles. The van der Waals surface area contributed by atoms with Crippen molar-refractivity contribution in [3.8, 4) is 11.1 Å². The van der Waals surface area contributed by atoms with E-state index >= 15 is 0 Å². The number of anilines is 1. The third kappa shape index (κ3) is 2.75. The van der Waals surface area contributed by atoms with Crippen LogP contribution in [-0.4, -0.2) is 28.5 Å². The molecule has 0 saturated carbocycles. The molecule has 3 rings (SSSR count). The molecular formula is C16H18N4S. The molecule has 1 aromatic carbocycles. The van der Waals surface area contributed by atoms with Crippen LogP contribution in [0.2, 0.25) is 0 Å². The number of benzene rings is 1. The van der Waals surface area contributed by atoms with Crippen molar-refractivity contribution in [3.05, 3.63) is 41.5 Å². The van der Waals surface area contributed by atoms with Crippen LogP contribution < -0.4 is 5.73 Å². The molecule has 0 bridgehead atoms. The Balaban J connectivity index is 2.07. The maximum Gasteiger partial charge on any atom is 0.146 e. The molecule has 108 valence electrons. The van der Waals surface area contributed by atoms with Gasteiger partial charge >= 0.3 is 0 Å². The van der Waals surface area contributed by atoms with Gasteiger partial charge in [0, 0.05) is 10.9 Å². The van der Waals surface area contributed by atoms with E-state index in [0.717, 1.165) is 40.3 Å². The Morgan fingerprint density at radius 1 is 1.19 bits per heavy atom. The van der Waals surface area contributed by atoms with Gasteiger partial charge in [0.2, 0.25) is 0 Å². The van der Waals surface area contributed by atoms with E-state index in [1.54, 1.807) is 11.3 Å². The number of rotatable bonds is 4. The minimum absolute atomic E-state index is 0.569. The van der Waals surface area contributed by atoms with Gasteiger partial charge < -0.3 is 5.73 Å². The van der Waals surface area contributed by atoms with Crippen molar-refractivity contribution in [1.29, 1.82) is 0 Å². The van der Waals surface area contributed by atoms with Crippen molar-refractivity contribution >= 4 is 27.4 Å². The molecule has 0 unspecified atom stereocenters. The molecule has 21 heavy (non-hydrogen) atoms. The van der Waals surface area contributed by atoms with E-state index < -0.39 is 0 Å². The maximum absolute atomic E-state index is 6.19. The summed E-state index contributed by atoms with van der Waals surface area (Å²) in [7, 11) is 2.05. The fourth-order valence-electron chi connectivity index (χ4n) is 2.27. The Hall–Kier alpha value is -1.98. The molecule has 0 aliphatic heterocycles. The quantitative estimate of drug-likeness (QED) is 0.802. The van der Waals surface area contributed by atoms with E-state index in [1.807, 2.05) is 25.2 Å². The number of nitrogen functional groups attached to an aromatic ring is 1. The van der Waals surface area contributed by atoms with Crippen molar-refractivity contribution in [2.45, 2.75) is 13.5 Å². The lowest BCUT2D eigenvalue weighted by molar-refractivity contribution is 0.337. The summed E-state index contributed by atoms with van der Waals surface area (Å²) < 4.78 is 0. The van der Waals surface area contributed by atoms with Crippen molar-refractivity contribution in [3.63, 3.8) is 0 Å². The Bertz CT molecular complexity index is 752. The largest absolute Gasteiger partial charge is 0.383 e. The van der Waals surface area contributed by atoms with Gasteiger partial charge in [0.05, 0.1) is 11.9 Å². The van der Waals surface area contributed by atoms with E-state index in [4.69, 9.17) is 5.73 Å². The van der Waals surface area contributed by atoms with Crippen LogP contribution in [0.1, 0.15) is 12.7 Å². The highest BCUT2D eigenvalue weighted by atomic mass is 32.1. The van der Waals surface area contributed by atoms with Gasteiger partial charge in [-0.15, -0.1) is 11.3 Å². The summed E-state index contributed by atoms with van der Waals surface area (Å²) in [6, 6.07) is 10.2. The lowest BCUT2D eigenvalue weighted by Crippen LogP contribution is -2.18. The van der Waals surface area contributed by atoms with E-state index in [1.165, 1.54) is 0 Å². The standard InChI is InChI=1S/C16H18N4S/c1-3-20(2)9-13-18-15(17)14-12(10-21-16(14)19-13)11-7-5-4-6-8-11/h4-8,10H,3,9H2,1-2H3,(H2,17,18,19). The zero-order valence-corrected chi connectivity index (χ0v) is 13.0. The summed E-state index contributed by atoms with van der Waals surface area (Å²) in [6.07, 6.45) is 0. The fourth-order valence-corrected chi connectivity index (χ4v) is 3.24. The lowest BCUT2D eigenvalue weighted by atomic mass is 10.1. The first-order valence-corrected chi connectivity index (χ1v) is 7.84. The van der Waals surface area contributed by atoms with Crippen molar-refractivity contribution < 1.29 is 0 Å². The number of hydrogen-bond donors (Lipinski definition) is 1. The van der Waals surface area contributed by atoms with E-state index in [-0.39, 0.29) is 0 Å². The molecule has 0 radical (unpaired) electrons. The molecule has 4 nitrogen and oxygen atoms in total. The summed E-state index contributed by atoms with van der Waals surface area (Å²) in [4.78, 5) is 12.3. The molecule has 0 spiro atoms. The average molecular weight is 298 g/mol. The molecule has 0 fully saturated rings. The van der Waals surface area contributed by atoms with Crippen LogP contribution in [0.3, 0.4) is 0 Å².